The van der Waals surface area contributed by atoms with Crippen LogP contribution in [0.5, 0.6) is 0 Å². The van der Waals surface area contributed by atoms with Crippen LogP contribution < -0.4 is 5.32 Å². The van der Waals surface area contributed by atoms with Crippen molar-refractivity contribution in [2.75, 3.05) is 19.6 Å². The Morgan fingerprint density at radius 1 is 1.07 bits per heavy atom. The SMILES string of the molecule is O=C(NCCc1ccc(F)cc1)c1cc(S(=O)(=O)N2CCCCC2)ccc1Cl. The molecule has 8 heteroatoms. The summed E-state index contributed by atoms with van der Waals surface area (Å²) in [5.74, 6) is -0.755. The first-order valence-corrected chi connectivity index (χ1v) is 11.0. The van der Waals surface area contributed by atoms with Crippen LogP contribution in [0.15, 0.2) is 47.4 Å². The number of piperidine rings is 1. The molecule has 28 heavy (non-hydrogen) atoms. The summed E-state index contributed by atoms with van der Waals surface area (Å²) >= 11 is 6.13. The van der Waals surface area contributed by atoms with Crippen LogP contribution in [0.3, 0.4) is 0 Å². The molecular formula is C20H22ClFN2O3S. The lowest BCUT2D eigenvalue weighted by molar-refractivity contribution is 0.0954. The topological polar surface area (TPSA) is 66.5 Å². The minimum absolute atomic E-state index is 0.0717. The van der Waals surface area contributed by atoms with Crippen LogP contribution in [-0.4, -0.2) is 38.3 Å². The van der Waals surface area contributed by atoms with Gasteiger partial charge in [-0.1, -0.05) is 30.2 Å². The summed E-state index contributed by atoms with van der Waals surface area (Å²) in [6, 6.07) is 10.2. The molecule has 2 aromatic carbocycles. The minimum atomic E-state index is -3.64. The number of carbonyl (C=O) groups excluding carboxylic acids is 1. The molecule has 1 amide bonds. The van der Waals surface area contributed by atoms with E-state index in [1.165, 1.54) is 34.6 Å². The molecule has 5 nitrogen and oxygen atoms in total. The predicted molar refractivity (Wildman–Crippen MR) is 106 cm³/mol. The molecule has 1 fully saturated rings. The van der Waals surface area contributed by atoms with Gasteiger partial charge >= 0.3 is 0 Å². The zero-order valence-corrected chi connectivity index (χ0v) is 16.9. The van der Waals surface area contributed by atoms with E-state index in [9.17, 15) is 17.6 Å². The molecule has 3 rings (SSSR count). The maximum absolute atomic E-state index is 12.9. The second-order valence-electron chi connectivity index (χ2n) is 6.74. The van der Waals surface area contributed by atoms with Crippen molar-refractivity contribution in [3.63, 3.8) is 0 Å². The second-order valence-corrected chi connectivity index (χ2v) is 9.08. The van der Waals surface area contributed by atoms with E-state index in [1.807, 2.05) is 0 Å². The van der Waals surface area contributed by atoms with E-state index in [0.29, 0.717) is 26.1 Å². The number of carbonyl (C=O) groups is 1. The molecule has 0 unspecified atom stereocenters. The molecule has 2 aromatic rings. The number of benzene rings is 2. The van der Waals surface area contributed by atoms with Gasteiger partial charge in [-0.2, -0.15) is 4.31 Å². The number of hydrogen-bond donors (Lipinski definition) is 1. The van der Waals surface area contributed by atoms with Crippen LogP contribution in [0.4, 0.5) is 4.39 Å². The molecule has 1 aliphatic rings. The molecule has 1 aliphatic heterocycles. The Bertz CT molecular complexity index is 942. The first-order chi connectivity index (χ1) is 13.4. The summed E-state index contributed by atoms with van der Waals surface area (Å²) in [6.07, 6.45) is 3.22. The molecule has 0 radical (unpaired) electrons. The summed E-state index contributed by atoms with van der Waals surface area (Å²) in [6.45, 7) is 1.30. The molecule has 150 valence electrons. The molecule has 0 spiro atoms. The standard InChI is InChI=1S/C20H22ClFN2O3S/c21-19-9-8-17(28(26,27)24-12-2-1-3-13-24)14-18(19)20(25)23-11-10-15-4-6-16(22)7-5-15/h4-9,14H,1-3,10-13H2,(H,23,25). The fourth-order valence-electron chi connectivity index (χ4n) is 3.16. The van der Waals surface area contributed by atoms with Gasteiger partial charge < -0.3 is 5.32 Å². The third-order valence-corrected chi connectivity index (χ3v) is 6.97. The lowest BCUT2D eigenvalue weighted by Crippen LogP contribution is -2.35. The van der Waals surface area contributed by atoms with Gasteiger partial charge in [0.2, 0.25) is 10.0 Å². The van der Waals surface area contributed by atoms with Crippen molar-refractivity contribution in [3.05, 3.63) is 64.4 Å². The van der Waals surface area contributed by atoms with Crippen molar-refractivity contribution in [2.24, 2.45) is 0 Å². The number of amides is 1. The summed E-state index contributed by atoms with van der Waals surface area (Å²) in [7, 11) is -3.64. The predicted octanol–water partition coefficient (Wildman–Crippen LogP) is 3.63. The third kappa shape index (κ3) is 4.90. The van der Waals surface area contributed by atoms with Gasteiger partial charge in [0.25, 0.3) is 5.91 Å². The highest BCUT2D eigenvalue weighted by molar-refractivity contribution is 7.89. The second kappa shape index (κ2) is 9.03. The summed E-state index contributed by atoms with van der Waals surface area (Å²) < 4.78 is 40.0. The summed E-state index contributed by atoms with van der Waals surface area (Å²) in [5, 5.41) is 2.93. The highest BCUT2D eigenvalue weighted by Crippen LogP contribution is 2.25. The summed E-state index contributed by atoms with van der Waals surface area (Å²) in [5.41, 5.74) is 1.01. The quantitative estimate of drug-likeness (QED) is 0.770. The smallest absolute Gasteiger partial charge is 0.252 e. The van der Waals surface area contributed by atoms with Crippen LogP contribution in [0.2, 0.25) is 5.02 Å². The van der Waals surface area contributed by atoms with Gasteiger partial charge in [-0.15, -0.1) is 0 Å². The molecule has 1 heterocycles. The van der Waals surface area contributed by atoms with Gasteiger partial charge in [-0.3, -0.25) is 4.79 Å². The third-order valence-electron chi connectivity index (χ3n) is 4.75. The Balaban J connectivity index is 1.69. The lowest BCUT2D eigenvalue weighted by Gasteiger charge is -2.26. The fraction of sp³-hybridized carbons (Fsp3) is 0.350. The van der Waals surface area contributed by atoms with Crippen LogP contribution in [0.1, 0.15) is 35.2 Å². The van der Waals surface area contributed by atoms with Crippen molar-refractivity contribution >= 4 is 27.5 Å². The Hall–Kier alpha value is -1.96. The maximum atomic E-state index is 12.9. The number of nitrogens with zero attached hydrogens (tertiary/aromatic N) is 1. The van der Waals surface area contributed by atoms with Gasteiger partial charge in [0.05, 0.1) is 15.5 Å². The Morgan fingerprint density at radius 3 is 2.43 bits per heavy atom. The summed E-state index contributed by atoms with van der Waals surface area (Å²) in [4.78, 5) is 12.6. The van der Waals surface area contributed by atoms with Crippen LogP contribution in [0.25, 0.3) is 0 Å². The van der Waals surface area contributed by atoms with E-state index < -0.39 is 15.9 Å². The maximum Gasteiger partial charge on any atom is 0.252 e. The largest absolute Gasteiger partial charge is 0.352 e. The van der Waals surface area contributed by atoms with Crippen LogP contribution in [0, 0.1) is 5.82 Å². The first kappa shape index (κ1) is 20.8. The molecule has 1 N–H and O–H groups in total. The number of nitrogens with one attached hydrogen (secondary N) is 1. The van der Waals surface area contributed by atoms with Crippen molar-refractivity contribution in [3.8, 4) is 0 Å². The van der Waals surface area contributed by atoms with Gasteiger partial charge in [0, 0.05) is 19.6 Å². The van der Waals surface area contributed by atoms with Crippen molar-refractivity contribution < 1.29 is 17.6 Å². The zero-order valence-electron chi connectivity index (χ0n) is 15.3. The molecule has 0 bridgehead atoms. The van der Waals surface area contributed by atoms with Crippen LogP contribution in [-0.2, 0) is 16.4 Å². The molecule has 0 aromatic heterocycles. The van der Waals surface area contributed by atoms with Crippen molar-refractivity contribution in [1.82, 2.24) is 9.62 Å². The van der Waals surface area contributed by atoms with E-state index in [1.54, 1.807) is 12.1 Å². The van der Waals surface area contributed by atoms with Gasteiger partial charge in [-0.05, 0) is 55.2 Å². The van der Waals surface area contributed by atoms with E-state index in [4.69, 9.17) is 11.6 Å². The highest BCUT2D eigenvalue weighted by Gasteiger charge is 2.27. The molecule has 0 atom stereocenters. The average molecular weight is 425 g/mol. The molecule has 1 saturated heterocycles. The number of halogens is 2. The Morgan fingerprint density at radius 2 is 1.75 bits per heavy atom. The van der Waals surface area contributed by atoms with E-state index in [-0.39, 0.29) is 21.3 Å². The first-order valence-electron chi connectivity index (χ1n) is 9.20. The normalized spacial score (nSPS) is 15.4. The monoisotopic (exact) mass is 424 g/mol. The molecular weight excluding hydrogens is 403 g/mol. The van der Waals surface area contributed by atoms with Gasteiger partial charge in [0.15, 0.2) is 0 Å². The molecule has 0 aliphatic carbocycles. The highest BCUT2D eigenvalue weighted by atomic mass is 35.5. The Labute approximate surface area is 169 Å². The van der Waals surface area contributed by atoms with E-state index >= 15 is 0 Å². The van der Waals surface area contributed by atoms with E-state index in [0.717, 1.165) is 24.8 Å². The lowest BCUT2D eigenvalue weighted by atomic mass is 10.1. The van der Waals surface area contributed by atoms with Gasteiger partial charge in [0.1, 0.15) is 5.82 Å². The van der Waals surface area contributed by atoms with Gasteiger partial charge in [-0.25, -0.2) is 12.8 Å². The molecule has 0 saturated carbocycles. The van der Waals surface area contributed by atoms with Crippen LogP contribution >= 0.6 is 11.6 Å². The Kier molecular flexibility index (Phi) is 6.69. The minimum Gasteiger partial charge on any atom is -0.352 e. The number of rotatable bonds is 6. The fourth-order valence-corrected chi connectivity index (χ4v) is 4.91. The number of sulfonamides is 1. The zero-order chi connectivity index (χ0) is 20.1. The van der Waals surface area contributed by atoms with E-state index in [2.05, 4.69) is 5.32 Å². The van der Waals surface area contributed by atoms with Crippen molar-refractivity contribution in [1.29, 1.82) is 0 Å². The average Bonchev–Trinajstić information content (AvgIpc) is 2.70. The van der Waals surface area contributed by atoms with Crippen molar-refractivity contribution in [2.45, 2.75) is 30.6 Å². The number of hydrogen-bond acceptors (Lipinski definition) is 3.